The standard InChI is InChI=1S/C9H18N2O/c10-7-4-8(5-7)11-3-1-2-9(12)6-11/h7-9,12H,1-6,10H2. The third-order valence-corrected chi connectivity index (χ3v) is 3.09. The van der Waals surface area contributed by atoms with Gasteiger partial charge in [0.2, 0.25) is 0 Å². The molecule has 0 aromatic heterocycles. The van der Waals surface area contributed by atoms with Crippen LogP contribution in [0.15, 0.2) is 0 Å². The summed E-state index contributed by atoms with van der Waals surface area (Å²) >= 11 is 0. The summed E-state index contributed by atoms with van der Waals surface area (Å²) in [6.07, 6.45) is 4.30. The number of likely N-dealkylation sites (tertiary alicyclic amines) is 1. The lowest BCUT2D eigenvalue weighted by molar-refractivity contribution is 0.0181. The van der Waals surface area contributed by atoms with Gasteiger partial charge in [-0.2, -0.15) is 0 Å². The summed E-state index contributed by atoms with van der Waals surface area (Å²) in [6.45, 7) is 2.03. The van der Waals surface area contributed by atoms with Crippen molar-refractivity contribution in [3.63, 3.8) is 0 Å². The second-order valence-corrected chi connectivity index (χ2v) is 4.18. The van der Waals surface area contributed by atoms with Crippen molar-refractivity contribution >= 4 is 0 Å². The van der Waals surface area contributed by atoms with Gasteiger partial charge in [-0.1, -0.05) is 0 Å². The lowest BCUT2D eigenvalue weighted by atomic mass is 9.85. The Balaban J connectivity index is 1.80. The number of nitrogens with zero attached hydrogens (tertiary/aromatic N) is 1. The van der Waals surface area contributed by atoms with Gasteiger partial charge in [0, 0.05) is 18.6 Å². The van der Waals surface area contributed by atoms with Gasteiger partial charge in [0.25, 0.3) is 0 Å². The van der Waals surface area contributed by atoms with Crippen molar-refractivity contribution in [2.45, 2.75) is 43.9 Å². The van der Waals surface area contributed by atoms with Gasteiger partial charge >= 0.3 is 0 Å². The van der Waals surface area contributed by atoms with E-state index < -0.39 is 0 Å². The zero-order chi connectivity index (χ0) is 8.55. The number of hydrogen-bond acceptors (Lipinski definition) is 3. The van der Waals surface area contributed by atoms with E-state index >= 15 is 0 Å². The Labute approximate surface area is 73.5 Å². The predicted molar refractivity (Wildman–Crippen MR) is 47.8 cm³/mol. The predicted octanol–water partition coefficient (Wildman–Crippen LogP) is -0.0672. The highest BCUT2D eigenvalue weighted by atomic mass is 16.3. The van der Waals surface area contributed by atoms with Crippen LogP contribution in [0.4, 0.5) is 0 Å². The first kappa shape index (κ1) is 8.48. The fourth-order valence-electron chi connectivity index (χ4n) is 2.24. The quantitative estimate of drug-likeness (QED) is 0.579. The smallest absolute Gasteiger partial charge is 0.0667 e. The molecule has 0 bridgehead atoms. The first-order chi connectivity index (χ1) is 5.75. The second kappa shape index (κ2) is 3.32. The topological polar surface area (TPSA) is 49.5 Å². The van der Waals surface area contributed by atoms with Crippen molar-refractivity contribution in [1.82, 2.24) is 4.90 Å². The Morgan fingerprint density at radius 2 is 2.08 bits per heavy atom. The van der Waals surface area contributed by atoms with Gasteiger partial charge in [-0.05, 0) is 32.2 Å². The van der Waals surface area contributed by atoms with E-state index in [9.17, 15) is 5.11 Å². The van der Waals surface area contributed by atoms with E-state index in [1.54, 1.807) is 0 Å². The van der Waals surface area contributed by atoms with Crippen LogP contribution in [0.1, 0.15) is 25.7 Å². The zero-order valence-electron chi connectivity index (χ0n) is 7.45. The summed E-state index contributed by atoms with van der Waals surface area (Å²) in [4.78, 5) is 2.40. The molecule has 2 fully saturated rings. The number of piperidine rings is 1. The van der Waals surface area contributed by atoms with Crippen LogP contribution in [0, 0.1) is 0 Å². The van der Waals surface area contributed by atoms with E-state index in [1.807, 2.05) is 0 Å². The van der Waals surface area contributed by atoms with Crippen LogP contribution >= 0.6 is 0 Å². The molecule has 1 heterocycles. The van der Waals surface area contributed by atoms with E-state index in [-0.39, 0.29) is 6.10 Å². The molecule has 1 unspecified atom stereocenters. The number of aliphatic hydroxyl groups is 1. The number of aliphatic hydroxyl groups excluding tert-OH is 1. The molecular formula is C9H18N2O. The molecule has 0 spiro atoms. The maximum atomic E-state index is 9.44. The first-order valence-electron chi connectivity index (χ1n) is 4.93. The molecule has 2 rings (SSSR count). The minimum absolute atomic E-state index is 0.0874. The van der Waals surface area contributed by atoms with Gasteiger partial charge in [-0.25, -0.2) is 0 Å². The first-order valence-corrected chi connectivity index (χ1v) is 4.93. The second-order valence-electron chi connectivity index (χ2n) is 4.18. The summed E-state index contributed by atoms with van der Waals surface area (Å²) in [6, 6.07) is 1.10. The highest BCUT2D eigenvalue weighted by Gasteiger charge is 2.33. The highest BCUT2D eigenvalue weighted by Crippen LogP contribution is 2.26. The zero-order valence-corrected chi connectivity index (χ0v) is 7.45. The van der Waals surface area contributed by atoms with Crippen LogP contribution < -0.4 is 5.73 Å². The average molecular weight is 170 g/mol. The molecule has 0 aromatic carbocycles. The third kappa shape index (κ3) is 1.63. The summed E-state index contributed by atoms with van der Waals surface area (Å²) < 4.78 is 0. The van der Waals surface area contributed by atoms with Gasteiger partial charge in [0.1, 0.15) is 0 Å². The summed E-state index contributed by atoms with van der Waals surface area (Å²) in [5.74, 6) is 0. The van der Waals surface area contributed by atoms with E-state index in [2.05, 4.69) is 4.90 Å². The number of rotatable bonds is 1. The Hall–Kier alpha value is -0.120. The molecule has 70 valence electrons. The lowest BCUT2D eigenvalue weighted by Gasteiger charge is -2.44. The van der Waals surface area contributed by atoms with Crippen molar-refractivity contribution in [3.8, 4) is 0 Å². The summed E-state index contributed by atoms with van der Waals surface area (Å²) in [5.41, 5.74) is 5.72. The van der Waals surface area contributed by atoms with Crippen LogP contribution in [-0.2, 0) is 0 Å². The largest absolute Gasteiger partial charge is 0.392 e. The normalized spacial score (nSPS) is 44.0. The maximum absolute atomic E-state index is 9.44. The third-order valence-electron chi connectivity index (χ3n) is 3.09. The van der Waals surface area contributed by atoms with Crippen molar-refractivity contribution < 1.29 is 5.11 Å². The van der Waals surface area contributed by atoms with Gasteiger partial charge in [0.15, 0.2) is 0 Å². The van der Waals surface area contributed by atoms with Crippen molar-refractivity contribution in [1.29, 1.82) is 0 Å². The molecule has 3 nitrogen and oxygen atoms in total. The van der Waals surface area contributed by atoms with Crippen molar-refractivity contribution in [3.05, 3.63) is 0 Å². The molecule has 12 heavy (non-hydrogen) atoms. The SMILES string of the molecule is NC1CC(N2CCCC(O)C2)C1. The minimum Gasteiger partial charge on any atom is -0.392 e. The maximum Gasteiger partial charge on any atom is 0.0667 e. The van der Waals surface area contributed by atoms with E-state index in [0.717, 1.165) is 38.8 Å². The molecular weight excluding hydrogens is 152 g/mol. The average Bonchev–Trinajstić information content (AvgIpc) is 1.99. The summed E-state index contributed by atoms with van der Waals surface area (Å²) in [7, 11) is 0. The number of β-amino-alcohol motifs (C(OH)–C–C–N with tert-alkyl or cyclic N) is 1. The molecule has 3 heteroatoms. The van der Waals surface area contributed by atoms with Gasteiger partial charge in [-0.15, -0.1) is 0 Å². The van der Waals surface area contributed by atoms with E-state index in [0.29, 0.717) is 12.1 Å². The molecule has 2 aliphatic rings. The van der Waals surface area contributed by atoms with E-state index in [1.165, 1.54) is 0 Å². The minimum atomic E-state index is -0.0874. The van der Waals surface area contributed by atoms with Gasteiger partial charge in [0.05, 0.1) is 6.10 Å². The molecule has 0 radical (unpaired) electrons. The van der Waals surface area contributed by atoms with E-state index in [4.69, 9.17) is 5.73 Å². The van der Waals surface area contributed by atoms with Crippen LogP contribution in [0.5, 0.6) is 0 Å². The molecule has 1 atom stereocenters. The van der Waals surface area contributed by atoms with Gasteiger partial charge in [-0.3, -0.25) is 4.90 Å². The van der Waals surface area contributed by atoms with Crippen LogP contribution in [0.25, 0.3) is 0 Å². The fourth-order valence-corrected chi connectivity index (χ4v) is 2.24. The molecule has 1 aliphatic carbocycles. The molecule has 0 aromatic rings. The van der Waals surface area contributed by atoms with Crippen molar-refractivity contribution in [2.75, 3.05) is 13.1 Å². The molecule has 1 saturated carbocycles. The number of hydrogen-bond donors (Lipinski definition) is 2. The van der Waals surface area contributed by atoms with Crippen LogP contribution in [0.2, 0.25) is 0 Å². The molecule has 3 N–H and O–H groups in total. The van der Waals surface area contributed by atoms with Crippen LogP contribution in [0.3, 0.4) is 0 Å². The monoisotopic (exact) mass is 170 g/mol. The highest BCUT2D eigenvalue weighted by molar-refractivity contribution is 4.91. The molecule has 1 saturated heterocycles. The Morgan fingerprint density at radius 1 is 1.33 bits per heavy atom. The Morgan fingerprint density at radius 3 is 2.67 bits per heavy atom. The molecule has 0 amide bonds. The molecule has 1 aliphatic heterocycles. The summed E-state index contributed by atoms with van der Waals surface area (Å²) in [5, 5.41) is 9.44. The van der Waals surface area contributed by atoms with Crippen LogP contribution in [-0.4, -0.2) is 41.3 Å². The lowest BCUT2D eigenvalue weighted by Crippen LogP contribution is -2.54. The Bertz CT molecular complexity index is 157. The van der Waals surface area contributed by atoms with Crippen molar-refractivity contribution in [2.24, 2.45) is 5.73 Å². The fraction of sp³-hybridized carbons (Fsp3) is 1.00. The number of nitrogens with two attached hydrogens (primary N) is 1. The Kier molecular flexibility index (Phi) is 2.35. The van der Waals surface area contributed by atoms with Gasteiger partial charge < -0.3 is 10.8 Å².